The fraction of sp³-hybridized carbons (Fsp3) is 0.0714. The summed E-state index contributed by atoms with van der Waals surface area (Å²) < 4.78 is 0. The van der Waals surface area contributed by atoms with Crippen LogP contribution in [0.3, 0.4) is 0 Å². The van der Waals surface area contributed by atoms with E-state index in [-0.39, 0.29) is 11.7 Å². The van der Waals surface area contributed by atoms with Crippen LogP contribution in [-0.4, -0.2) is 10.6 Å². The largest absolute Gasteiger partial charge is 0.276 e. The number of nitriles is 1. The highest BCUT2D eigenvalue weighted by Crippen LogP contribution is 2.26. The van der Waals surface area contributed by atoms with Crippen LogP contribution in [-0.2, 0) is 6.42 Å². The van der Waals surface area contributed by atoms with Crippen LogP contribution >= 0.6 is 0 Å². The van der Waals surface area contributed by atoms with Crippen LogP contribution in [0.5, 0.6) is 0 Å². The molecule has 33 heavy (non-hydrogen) atoms. The van der Waals surface area contributed by atoms with Gasteiger partial charge in [-0.05, 0) is 29.7 Å². The molecule has 5 heteroatoms. The van der Waals surface area contributed by atoms with Gasteiger partial charge in [0.25, 0.3) is 5.69 Å². The summed E-state index contributed by atoms with van der Waals surface area (Å²) in [6, 6.07) is 36.0. The Bertz CT molecular complexity index is 1250. The number of rotatable bonds is 7. The molecule has 160 valence electrons. The van der Waals surface area contributed by atoms with E-state index in [0.717, 1.165) is 28.0 Å². The van der Waals surface area contributed by atoms with Gasteiger partial charge in [-0.3, -0.25) is 15.1 Å². The first-order valence-corrected chi connectivity index (χ1v) is 10.6. The average Bonchev–Trinajstić information content (AvgIpc) is 2.88. The number of nitro benzene ring substituents is 1. The van der Waals surface area contributed by atoms with Crippen LogP contribution in [0.2, 0.25) is 0 Å². The highest BCUT2D eigenvalue weighted by molar-refractivity contribution is 6.13. The third kappa shape index (κ3) is 5.38. The standard InChI is InChI=1S/C28H21N3O2/c29-20-22-11-15-23(16-12-22)27(19-21-13-17-26(18-14-21)31(32)33)30-28(24-7-3-1-4-8-24)25-9-5-2-6-10-25/h1-18,27H,19H2. The van der Waals surface area contributed by atoms with Crippen molar-refractivity contribution in [2.75, 3.05) is 0 Å². The summed E-state index contributed by atoms with van der Waals surface area (Å²) in [6.07, 6.45) is 0.563. The Hall–Kier alpha value is -4.56. The molecule has 1 atom stereocenters. The highest BCUT2D eigenvalue weighted by atomic mass is 16.6. The van der Waals surface area contributed by atoms with E-state index in [1.54, 1.807) is 24.3 Å². The van der Waals surface area contributed by atoms with Gasteiger partial charge in [0.15, 0.2) is 0 Å². The van der Waals surface area contributed by atoms with E-state index in [0.29, 0.717) is 12.0 Å². The fourth-order valence-electron chi connectivity index (χ4n) is 3.66. The van der Waals surface area contributed by atoms with Crippen molar-refractivity contribution in [3.8, 4) is 6.07 Å². The summed E-state index contributed by atoms with van der Waals surface area (Å²) in [5.74, 6) is 0. The lowest BCUT2D eigenvalue weighted by Crippen LogP contribution is -2.09. The molecule has 0 amide bonds. The van der Waals surface area contributed by atoms with Crippen molar-refractivity contribution in [3.05, 3.63) is 147 Å². The lowest BCUT2D eigenvalue weighted by Gasteiger charge is -2.17. The summed E-state index contributed by atoms with van der Waals surface area (Å²) in [7, 11) is 0. The normalized spacial score (nSPS) is 11.2. The Morgan fingerprint density at radius 1 is 0.818 bits per heavy atom. The molecular formula is C28H21N3O2. The predicted molar refractivity (Wildman–Crippen MR) is 129 cm³/mol. The predicted octanol–water partition coefficient (Wildman–Crippen LogP) is 6.29. The number of hydrogen-bond donors (Lipinski definition) is 0. The lowest BCUT2D eigenvalue weighted by molar-refractivity contribution is -0.384. The molecule has 0 aliphatic carbocycles. The zero-order valence-electron chi connectivity index (χ0n) is 17.8. The smallest absolute Gasteiger partial charge is 0.269 e. The molecule has 4 aromatic rings. The van der Waals surface area contributed by atoms with Gasteiger partial charge in [0.1, 0.15) is 0 Å². The quantitative estimate of drug-likeness (QED) is 0.196. The molecule has 0 N–H and O–H groups in total. The van der Waals surface area contributed by atoms with Crippen molar-refractivity contribution in [3.63, 3.8) is 0 Å². The third-order valence-corrected chi connectivity index (χ3v) is 5.38. The van der Waals surface area contributed by atoms with Gasteiger partial charge in [0, 0.05) is 23.3 Å². The Morgan fingerprint density at radius 3 is 1.85 bits per heavy atom. The van der Waals surface area contributed by atoms with E-state index in [1.165, 1.54) is 12.1 Å². The van der Waals surface area contributed by atoms with Gasteiger partial charge in [-0.2, -0.15) is 5.26 Å². The number of aliphatic imine (C=N–C) groups is 1. The molecule has 4 aromatic carbocycles. The van der Waals surface area contributed by atoms with Gasteiger partial charge in [-0.15, -0.1) is 0 Å². The minimum Gasteiger partial charge on any atom is -0.276 e. The summed E-state index contributed by atoms with van der Waals surface area (Å²) in [5, 5.41) is 20.2. The molecule has 0 spiro atoms. The number of non-ortho nitro benzene ring substituents is 1. The van der Waals surface area contributed by atoms with Crippen LogP contribution in [0, 0.1) is 21.4 Å². The number of nitrogens with zero attached hydrogens (tertiary/aromatic N) is 3. The van der Waals surface area contributed by atoms with E-state index in [4.69, 9.17) is 4.99 Å². The second kappa shape index (κ2) is 10.2. The van der Waals surface area contributed by atoms with Gasteiger partial charge < -0.3 is 0 Å². The molecule has 1 unspecified atom stereocenters. The van der Waals surface area contributed by atoms with Crippen LogP contribution < -0.4 is 0 Å². The second-order valence-electron chi connectivity index (χ2n) is 7.59. The van der Waals surface area contributed by atoms with Crippen LogP contribution in [0.15, 0.2) is 114 Å². The van der Waals surface area contributed by atoms with Crippen molar-refractivity contribution in [2.45, 2.75) is 12.5 Å². The average molecular weight is 431 g/mol. The maximum absolute atomic E-state index is 11.0. The fourth-order valence-corrected chi connectivity index (χ4v) is 3.66. The Balaban J connectivity index is 1.80. The van der Waals surface area contributed by atoms with Crippen LogP contribution in [0.4, 0.5) is 5.69 Å². The molecule has 4 rings (SSSR count). The van der Waals surface area contributed by atoms with Gasteiger partial charge in [0.05, 0.1) is 28.3 Å². The van der Waals surface area contributed by atoms with Crippen molar-refractivity contribution in [2.24, 2.45) is 4.99 Å². The number of hydrogen-bond acceptors (Lipinski definition) is 4. The van der Waals surface area contributed by atoms with Gasteiger partial charge in [-0.25, -0.2) is 0 Å². The maximum atomic E-state index is 11.0. The zero-order valence-corrected chi connectivity index (χ0v) is 17.8. The first-order valence-electron chi connectivity index (χ1n) is 10.6. The summed E-state index contributed by atoms with van der Waals surface area (Å²) >= 11 is 0. The van der Waals surface area contributed by atoms with E-state index in [1.807, 2.05) is 72.8 Å². The van der Waals surface area contributed by atoms with Gasteiger partial charge in [0.2, 0.25) is 0 Å². The van der Waals surface area contributed by atoms with Crippen molar-refractivity contribution >= 4 is 11.4 Å². The van der Waals surface area contributed by atoms with Gasteiger partial charge >= 0.3 is 0 Å². The minimum atomic E-state index is -0.400. The first-order chi connectivity index (χ1) is 16.1. The molecule has 0 fully saturated rings. The number of benzene rings is 4. The van der Waals surface area contributed by atoms with Crippen molar-refractivity contribution < 1.29 is 4.92 Å². The Labute approximate surface area is 192 Å². The Morgan fingerprint density at radius 2 is 1.36 bits per heavy atom. The molecular weight excluding hydrogens is 410 g/mol. The first kappa shape index (κ1) is 21.7. The van der Waals surface area contributed by atoms with E-state index in [2.05, 4.69) is 6.07 Å². The van der Waals surface area contributed by atoms with E-state index >= 15 is 0 Å². The molecule has 0 aliphatic heterocycles. The molecule has 0 heterocycles. The minimum absolute atomic E-state index is 0.0615. The van der Waals surface area contributed by atoms with Crippen LogP contribution in [0.25, 0.3) is 0 Å². The van der Waals surface area contributed by atoms with Crippen molar-refractivity contribution in [1.29, 1.82) is 5.26 Å². The van der Waals surface area contributed by atoms with Crippen LogP contribution in [0.1, 0.15) is 33.9 Å². The van der Waals surface area contributed by atoms with Crippen molar-refractivity contribution in [1.82, 2.24) is 0 Å². The van der Waals surface area contributed by atoms with E-state index in [9.17, 15) is 15.4 Å². The molecule has 0 saturated heterocycles. The summed E-state index contributed by atoms with van der Waals surface area (Å²) in [4.78, 5) is 15.8. The number of nitro groups is 1. The summed E-state index contributed by atoms with van der Waals surface area (Å²) in [6.45, 7) is 0. The van der Waals surface area contributed by atoms with Gasteiger partial charge in [-0.1, -0.05) is 84.9 Å². The highest BCUT2D eigenvalue weighted by Gasteiger charge is 2.16. The summed E-state index contributed by atoms with van der Waals surface area (Å²) in [5.41, 5.74) is 5.44. The topological polar surface area (TPSA) is 79.3 Å². The lowest BCUT2D eigenvalue weighted by atomic mass is 9.96. The second-order valence-corrected chi connectivity index (χ2v) is 7.59. The maximum Gasteiger partial charge on any atom is 0.269 e. The molecule has 5 nitrogen and oxygen atoms in total. The SMILES string of the molecule is N#Cc1ccc(C(Cc2ccc([N+](=O)[O-])cc2)N=C(c2ccccc2)c2ccccc2)cc1. The molecule has 0 bridgehead atoms. The molecule has 0 saturated carbocycles. The molecule has 0 aliphatic rings. The van der Waals surface area contributed by atoms with E-state index < -0.39 is 4.92 Å². The molecule has 0 aromatic heterocycles. The molecule has 0 radical (unpaired) electrons. The monoisotopic (exact) mass is 431 g/mol. The Kier molecular flexibility index (Phi) is 6.67. The third-order valence-electron chi connectivity index (χ3n) is 5.38. The zero-order chi connectivity index (χ0) is 23.0.